The topological polar surface area (TPSA) is 45.9 Å². The molecule has 1 amide bonds. The van der Waals surface area contributed by atoms with Crippen LogP contribution in [0.25, 0.3) is 0 Å². The van der Waals surface area contributed by atoms with Gasteiger partial charge in [-0.15, -0.1) is 0 Å². The number of hydrogen-bond donors (Lipinski definition) is 0. The van der Waals surface area contributed by atoms with E-state index >= 15 is 0 Å². The minimum Gasteiger partial charge on any atom is -0.472 e. The second-order valence-electron chi connectivity index (χ2n) is 5.93. The highest BCUT2D eigenvalue weighted by atomic mass is 16.5. The van der Waals surface area contributed by atoms with Crippen molar-refractivity contribution in [3.63, 3.8) is 0 Å². The molecule has 0 aromatic carbocycles. The third kappa shape index (κ3) is 2.60. The maximum atomic E-state index is 12.0. The van der Waals surface area contributed by atoms with Crippen LogP contribution < -0.4 is 0 Å². The van der Waals surface area contributed by atoms with Crippen molar-refractivity contribution in [1.82, 2.24) is 9.80 Å². The van der Waals surface area contributed by atoms with Gasteiger partial charge in [-0.25, -0.2) is 0 Å². The van der Waals surface area contributed by atoms with Crippen molar-refractivity contribution < 1.29 is 13.9 Å². The summed E-state index contributed by atoms with van der Waals surface area (Å²) in [6.07, 6.45) is 6.33. The lowest BCUT2D eigenvalue weighted by Crippen LogP contribution is -2.47. The fourth-order valence-electron chi connectivity index (χ4n) is 3.30. The van der Waals surface area contributed by atoms with Gasteiger partial charge in [-0.05, 0) is 25.3 Å². The van der Waals surface area contributed by atoms with Crippen LogP contribution in [0.2, 0.25) is 0 Å². The average Bonchev–Trinajstić information content (AvgIpc) is 3.08. The second kappa shape index (κ2) is 5.58. The van der Waals surface area contributed by atoms with Gasteiger partial charge in [0.25, 0.3) is 5.91 Å². The van der Waals surface area contributed by atoms with Crippen molar-refractivity contribution >= 4 is 5.91 Å². The molecule has 2 aliphatic rings. The SMILES string of the molecule is CN(C)C(=O)[C@@H]1CC[C@@H]2[C@@H](CCN2Cc2ccoc2)O1. The third-order valence-corrected chi connectivity index (χ3v) is 4.34. The smallest absolute Gasteiger partial charge is 0.251 e. The van der Waals surface area contributed by atoms with E-state index in [1.54, 1.807) is 31.5 Å². The zero-order valence-electron chi connectivity index (χ0n) is 12.1. The molecule has 0 N–H and O–H groups in total. The van der Waals surface area contributed by atoms with Gasteiger partial charge in [0, 0.05) is 38.8 Å². The Bertz CT molecular complexity index is 458. The van der Waals surface area contributed by atoms with Crippen LogP contribution in [0, 0.1) is 0 Å². The Hall–Kier alpha value is -1.33. The van der Waals surface area contributed by atoms with Crippen LogP contribution in [-0.4, -0.2) is 54.6 Å². The minimum atomic E-state index is -0.250. The summed E-state index contributed by atoms with van der Waals surface area (Å²) in [4.78, 5) is 16.1. The van der Waals surface area contributed by atoms with Gasteiger partial charge >= 0.3 is 0 Å². The highest BCUT2D eigenvalue weighted by molar-refractivity contribution is 5.80. The van der Waals surface area contributed by atoms with E-state index < -0.39 is 0 Å². The van der Waals surface area contributed by atoms with Crippen molar-refractivity contribution in [3.05, 3.63) is 24.2 Å². The Morgan fingerprint density at radius 3 is 2.95 bits per heavy atom. The lowest BCUT2D eigenvalue weighted by Gasteiger charge is -2.36. The third-order valence-electron chi connectivity index (χ3n) is 4.34. The first-order valence-corrected chi connectivity index (χ1v) is 7.27. The van der Waals surface area contributed by atoms with Gasteiger partial charge in [0.05, 0.1) is 18.6 Å². The standard InChI is InChI=1S/C15H22N2O3/c1-16(2)15(18)14-4-3-12-13(20-14)5-7-17(12)9-11-6-8-19-10-11/h6,8,10,12-14H,3-5,7,9H2,1-2H3/t12-,13-,14+/m1/s1. The van der Waals surface area contributed by atoms with E-state index in [0.29, 0.717) is 6.04 Å². The molecule has 2 aliphatic heterocycles. The Morgan fingerprint density at radius 1 is 1.40 bits per heavy atom. The van der Waals surface area contributed by atoms with Crippen LogP contribution in [0.1, 0.15) is 24.8 Å². The lowest BCUT2D eigenvalue weighted by molar-refractivity contribution is -0.152. The van der Waals surface area contributed by atoms with E-state index in [2.05, 4.69) is 4.90 Å². The van der Waals surface area contributed by atoms with E-state index in [9.17, 15) is 4.79 Å². The molecule has 0 unspecified atom stereocenters. The molecule has 0 bridgehead atoms. The number of carbonyl (C=O) groups excluding carboxylic acids is 1. The summed E-state index contributed by atoms with van der Waals surface area (Å²) in [7, 11) is 3.58. The number of amides is 1. The average molecular weight is 278 g/mol. The molecule has 20 heavy (non-hydrogen) atoms. The number of carbonyl (C=O) groups is 1. The van der Waals surface area contributed by atoms with Gasteiger partial charge in [0.15, 0.2) is 0 Å². The number of furan rings is 1. The van der Waals surface area contributed by atoms with Crippen LogP contribution in [0.4, 0.5) is 0 Å². The minimum absolute atomic E-state index is 0.0942. The highest BCUT2D eigenvalue weighted by Gasteiger charge is 2.41. The van der Waals surface area contributed by atoms with Crippen molar-refractivity contribution in [1.29, 1.82) is 0 Å². The largest absolute Gasteiger partial charge is 0.472 e. The molecule has 0 spiro atoms. The Balaban J connectivity index is 1.60. The van der Waals surface area contributed by atoms with Gasteiger partial charge < -0.3 is 14.1 Å². The van der Waals surface area contributed by atoms with Crippen LogP contribution >= 0.6 is 0 Å². The Labute approximate surface area is 119 Å². The van der Waals surface area contributed by atoms with E-state index in [1.807, 2.05) is 6.07 Å². The second-order valence-corrected chi connectivity index (χ2v) is 5.93. The molecule has 3 rings (SSSR count). The van der Waals surface area contributed by atoms with Crippen molar-refractivity contribution in [2.45, 2.75) is 44.1 Å². The number of likely N-dealkylation sites (tertiary alicyclic amines) is 1. The molecule has 1 aromatic heterocycles. The lowest BCUT2D eigenvalue weighted by atomic mass is 9.98. The summed E-state index contributed by atoms with van der Waals surface area (Å²) >= 11 is 0. The molecule has 0 radical (unpaired) electrons. The van der Waals surface area contributed by atoms with Crippen LogP contribution in [0.15, 0.2) is 23.0 Å². The number of rotatable bonds is 3. The monoisotopic (exact) mass is 278 g/mol. The van der Waals surface area contributed by atoms with E-state index in [0.717, 1.165) is 32.4 Å². The summed E-state index contributed by atoms with van der Waals surface area (Å²) in [6, 6.07) is 2.45. The van der Waals surface area contributed by atoms with Gasteiger partial charge in [0.1, 0.15) is 6.10 Å². The first-order chi connectivity index (χ1) is 9.65. The first kappa shape index (κ1) is 13.6. The molecule has 5 nitrogen and oxygen atoms in total. The summed E-state index contributed by atoms with van der Waals surface area (Å²) in [5, 5.41) is 0. The van der Waals surface area contributed by atoms with Gasteiger partial charge in [-0.3, -0.25) is 9.69 Å². The van der Waals surface area contributed by atoms with Gasteiger partial charge in [0.2, 0.25) is 0 Å². The highest BCUT2D eigenvalue weighted by Crippen LogP contribution is 2.32. The molecule has 110 valence electrons. The summed E-state index contributed by atoms with van der Waals surface area (Å²) in [5.41, 5.74) is 1.21. The number of hydrogen-bond acceptors (Lipinski definition) is 4. The molecule has 0 aliphatic carbocycles. The van der Waals surface area contributed by atoms with Crippen LogP contribution in [-0.2, 0) is 16.1 Å². The summed E-state index contributed by atoms with van der Waals surface area (Å²) in [6.45, 7) is 1.94. The molecule has 3 heterocycles. The Morgan fingerprint density at radius 2 is 2.25 bits per heavy atom. The van der Waals surface area contributed by atoms with E-state index in [1.165, 1.54) is 5.56 Å². The maximum absolute atomic E-state index is 12.0. The van der Waals surface area contributed by atoms with E-state index in [4.69, 9.17) is 9.15 Å². The summed E-state index contributed by atoms with van der Waals surface area (Å²) < 4.78 is 11.2. The number of ether oxygens (including phenoxy) is 1. The number of fused-ring (bicyclic) bond motifs is 1. The molecule has 0 saturated carbocycles. The van der Waals surface area contributed by atoms with Crippen LogP contribution in [0.5, 0.6) is 0 Å². The molecule has 5 heteroatoms. The number of likely N-dealkylation sites (N-methyl/N-ethyl adjacent to an activating group) is 1. The molecule has 3 atom stereocenters. The molecule has 2 fully saturated rings. The number of nitrogens with zero attached hydrogens (tertiary/aromatic N) is 2. The molecule has 2 saturated heterocycles. The Kier molecular flexibility index (Phi) is 3.81. The van der Waals surface area contributed by atoms with E-state index in [-0.39, 0.29) is 18.1 Å². The fourth-order valence-corrected chi connectivity index (χ4v) is 3.30. The predicted molar refractivity (Wildman–Crippen MR) is 74.1 cm³/mol. The molecular formula is C15H22N2O3. The van der Waals surface area contributed by atoms with Crippen molar-refractivity contribution in [2.75, 3.05) is 20.6 Å². The fraction of sp³-hybridized carbons (Fsp3) is 0.667. The first-order valence-electron chi connectivity index (χ1n) is 7.27. The van der Waals surface area contributed by atoms with Crippen molar-refractivity contribution in [3.8, 4) is 0 Å². The maximum Gasteiger partial charge on any atom is 0.251 e. The molecular weight excluding hydrogens is 256 g/mol. The van der Waals surface area contributed by atoms with Crippen LogP contribution in [0.3, 0.4) is 0 Å². The zero-order valence-corrected chi connectivity index (χ0v) is 12.1. The summed E-state index contributed by atoms with van der Waals surface area (Å²) in [5.74, 6) is 0.0942. The zero-order chi connectivity index (χ0) is 14.1. The normalized spacial score (nSPS) is 30.2. The quantitative estimate of drug-likeness (QED) is 0.840. The van der Waals surface area contributed by atoms with Gasteiger partial charge in [-0.2, -0.15) is 0 Å². The predicted octanol–water partition coefficient (Wildman–Crippen LogP) is 1.49. The van der Waals surface area contributed by atoms with Crippen molar-refractivity contribution in [2.24, 2.45) is 0 Å². The molecule has 1 aromatic rings. The van der Waals surface area contributed by atoms with Gasteiger partial charge in [-0.1, -0.05) is 0 Å².